The summed E-state index contributed by atoms with van der Waals surface area (Å²) >= 11 is 0. The van der Waals surface area contributed by atoms with Gasteiger partial charge in [0.25, 0.3) is 11.8 Å². The molecule has 8 heteroatoms. The minimum Gasteiger partial charge on any atom is -0.467 e. The van der Waals surface area contributed by atoms with E-state index >= 15 is 0 Å². The van der Waals surface area contributed by atoms with Gasteiger partial charge in [0.1, 0.15) is 17.3 Å². The predicted molar refractivity (Wildman–Crippen MR) is 103 cm³/mol. The number of fused-ring (bicyclic) bond motifs is 1. The van der Waals surface area contributed by atoms with Crippen molar-refractivity contribution in [2.24, 2.45) is 0 Å². The van der Waals surface area contributed by atoms with Crippen molar-refractivity contribution in [1.82, 2.24) is 20.2 Å². The molecule has 0 saturated carbocycles. The van der Waals surface area contributed by atoms with Crippen LogP contribution in [0.2, 0.25) is 0 Å². The van der Waals surface area contributed by atoms with E-state index in [2.05, 4.69) is 15.6 Å². The third kappa shape index (κ3) is 4.06. The van der Waals surface area contributed by atoms with Gasteiger partial charge in [0.05, 0.1) is 18.5 Å². The van der Waals surface area contributed by atoms with E-state index in [4.69, 9.17) is 4.42 Å². The smallest absolute Gasteiger partial charge is 0.287 e. The van der Waals surface area contributed by atoms with Gasteiger partial charge in [-0.05, 0) is 37.5 Å². The van der Waals surface area contributed by atoms with Gasteiger partial charge in [-0.1, -0.05) is 18.2 Å². The molecule has 0 unspecified atom stereocenters. The first-order valence-electron chi connectivity index (χ1n) is 9.55. The minimum atomic E-state index is -0.429. The molecule has 1 aliphatic heterocycles. The number of furan rings is 1. The Morgan fingerprint density at radius 3 is 2.69 bits per heavy atom. The summed E-state index contributed by atoms with van der Waals surface area (Å²) in [6.07, 6.45) is 4.06. The topological polar surface area (TPSA) is 89.2 Å². The molecule has 0 spiro atoms. The number of imidazole rings is 1. The van der Waals surface area contributed by atoms with Crippen LogP contribution in [-0.4, -0.2) is 21.4 Å². The van der Waals surface area contributed by atoms with Crippen molar-refractivity contribution < 1.29 is 18.4 Å². The van der Waals surface area contributed by atoms with E-state index in [1.165, 1.54) is 12.3 Å². The zero-order valence-corrected chi connectivity index (χ0v) is 15.8. The van der Waals surface area contributed by atoms with Crippen LogP contribution >= 0.6 is 0 Å². The molecule has 0 radical (unpaired) electrons. The fourth-order valence-electron chi connectivity index (χ4n) is 3.46. The number of nitrogens with one attached hydrogen (secondary N) is 2. The Morgan fingerprint density at radius 1 is 1.07 bits per heavy atom. The molecule has 150 valence electrons. The maximum atomic E-state index is 13.8. The van der Waals surface area contributed by atoms with E-state index in [9.17, 15) is 14.0 Å². The first-order chi connectivity index (χ1) is 14.1. The Kier molecular flexibility index (Phi) is 5.41. The second kappa shape index (κ2) is 8.30. The summed E-state index contributed by atoms with van der Waals surface area (Å²) < 4.78 is 20.8. The van der Waals surface area contributed by atoms with Gasteiger partial charge in [0.2, 0.25) is 0 Å². The van der Waals surface area contributed by atoms with Gasteiger partial charge < -0.3 is 19.6 Å². The largest absolute Gasteiger partial charge is 0.467 e. The molecule has 0 aliphatic carbocycles. The molecule has 2 amide bonds. The van der Waals surface area contributed by atoms with Gasteiger partial charge in [-0.15, -0.1) is 0 Å². The monoisotopic (exact) mass is 396 g/mol. The third-order valence-electron chi connectivity index (χ3n) is 4.94. The highest BCUT2D eigenvalue weighted by Gasteiger charge is 2.27. The molecule has 2 N–H and O–H groups in total. The van der Waals surface area contributed by atoms with Crippen molar-refractivity contribution in [3.8, 4) is 0 Å². The average molecular weight is 396 g/mol. The third-order valence-corrected chi connectivity index (χ3v) is 4.94. The van der Waals surface area contributed by atoms with Crippen LogP contribution in [0, 0.1) is 5.82 Å². The van der Waals surface area contributed by atoms with Crippen LogP contribution in [0.25, 0.3) is 0 Å². The number of carbonyl (C=O) groups is 2. The van der Waals surface area contributed by atoms with Gasteiger partial charge in [0.15, 0.2) is 5.82 Å². The number of nitrogens with zero attached hydrogens (tertiary/aromatic N) is 2. The molecule has 29 heavy (non-hydrogen) atoms. The predicted octanol–water partition coefficient (Wildman–Crippen LogP) is 2.81. The van der Waals surface area contributed by atoms with E-state index in [0.717, 1.165) is 18.5 Å². The van der Waals surface area contributed by atoms with Crippen LogP contribution < -0.4 is 10.6 Å². The quantitative estimate of drug-likeness (QED) is 0.671. The standard InChI is InChI=1S/C21H21FN4O3/c22-16-8-2-1-6-14(16)12-23-21(28)19-25-18(17-9-3-4-10-26(17)19)20(27)24-13-15-7-5-11-29-15/h1-2,5-8,11H,3-4,9-10,12-13H2,(H,23,28)(H,24,27). The van der Waals surface area contributed by atoms with Crippen LogP contribution in [0.4, 0.5) is 4.39 Å². The highest BCUT2D eigenvalue weighted by atomic mass is 19.1. The summed E-state index contributed by atoms with van der Waals surface area (Å²) in [6.45, 7) is 0.914. The lowest BCUT2D eigenvalue weighted by atomic mass is 10.1. The van der Waals surface area contributed by atoms with Crippen molar-refractivity contribution in [3.05, 3.63) is 77.0 Å². The van der Waals surface area contributed by atoms with E-state index < -0.39 is 5.91 Å². The Morgan fingerprint density at radius 2 is 1.90 bits per heavy atom. The molecule has 0 fully saturated rings. The van der Waals surface area contributed by atoms with Crippen LogP contribution in [0.15, 0.2) is 47.1 Å². The fraction of sp³-hybridized carbons (Fsp3) is 0.286. The maximum Gasteiger partial charge on any atom is 0.287 e. The number of hydrogen-bond acceptors (Lipinski definition) is 4. The van der Waals surface area contributed by atoms with Crippen molar-refractivity contribution in [3.63, 3.8) is 0 Å². The second-order valence-corrected chi connectivity index (χ2v) is 6.88. The molecule has 3 heterocycles. The fourth-order valence-corrected chi connectivity index (χ4v) is 3.46. The minimum absolute atomic E-state index is 0.0493. The Bertz CT molecular complexity index is 1030. The van der Waals surface area contributed by atoms with Crippen molar-refractivity contribution >= 4 is 11.8 Å². The maximum absolute atomic E-state index is 13.8. The van der Waals surface area contributed by atoms with Gasteiger partial charge in [-0.2, -0.15) is 0 Å². The van der Waals surface area contributed by atoms with Crippen molar-refractivity contribution in [2.45, 2.75) is 38.9 Å². The van der Waals surface area contributed by atoms with Gasteiger partial charge >= 0.3 is 0 Å². The summed E-state index contributed by atoms with van der Waals surface area (Å²) in [6, 6.07) is 9.79. The first kappa shape index (κ1) is 18.9. The summed E-state index contributed by atoms with van der Waals surface area (Å²) in [7, 11) is 0. The first-order valence-corrected chi connectivity index (χ1v) is 9.55. The number of halogens is 1. The number of rotatable bonds is 6. The molecular weight excluding hydrogens is 375 g/mol. The molecule has 1 aromatic carbocycles. The van der Waals surface area contributed by atoms with E-state index in [-0.39, 0.29) is 36.3 Å². The van der Waals surface area contributed by atoms with Crippen molar-refractivity contribution in [2.75, 3.05) is 0 Å². The Balaban J connectivity index is 1.51. The number of hydrogen-bond donors (Lipinski definition) is 2. The van der Waals surface area contributed by atoms with Gasteiger partial charge in [-0.25, -0.2) is 9.37 Å². The Labute approximate surface area is 166 Å². The number of benzene rings is 1. The summed E-state index contributed by atoms with van der Waals surface area (Å²) in [5, 5.41) is 5.48. The van der Waals surface area contributed by atoms with E-state index in [1.807, 2.05) is 0 Å². The zero-order chi connectivity index (χ0) is 20.2. The van der Waals surface area contributed by atoms with Crippen LogP contribution in [0.3, 0.4) is 0 Å². The molecular formula is C21H21FN4O3. The molecule has 3 aromatic rings. The molecule has 1 aliphatic rings. The summed E-state index contributed by atoms with van der Waals surface area (Å²) in [5.41, 5.74) is 1.40. The molecule has 7 nitrogen and oxygen atoms in total. The molecule has 0 atom stereocenters. The Hall–Kier alpha value is -3.42. The highest BCUT2D eigenvalue weighted by Crippen LogP contribution is 2.21. The lowest BCUT2D eigenvalue weighted by molar-refractivity contribution is 0.0934. The summed E-state index contributed by atoms with van der Waals surface area (Å²) in [5.74, 6) is -0.342. The molecule has 4 rings (SSSR count). The molecule has 0 bridgehead atoms. The lowest BCUT2D eigenvalue weighted by Gasteiger charge is -2.17. The molecule has 0 saturated heterocycles. The SMILES string of the molecule is O=C(NCc1ccco1)c1nc(C(=O)NCc2ccccc2F)n2c1CCCC2. The summed E-state index contributed by atoms with van der Waals surface area (Å²) in [4.78, 5) is 29.7. The zero-order valence-electron chi connectivity index (χ0n) is 15.8. The van der Waals surface area contributed by atoms with Crippen LogP contribution in [0.5, 0.6) is 0 Å². The van der Waals surface area contributed by atoms with Crippen LogP contribution in [-0.2, 0) is 26.1 Å². The van der Waals surface area contributed by atoms with Gasteiger partial charge in [-0.3, -0.25) is 9.59 Å². The number of carbonyl (C=O) groups excluding carboxylic acids is 2. The second-order valence-electron chi connectivity index (χ2n) is 6.88. The molecule has 2 aromatic heterocycles. The van der Waals surface area contributed by atoms with E-state index in [1.54, 1.807) is 34.9 Å². The van der Waals surface area contributed by atoms with E-state index in [0.29, 0.717) is 24.3 Å². The normalized spacial score (nSPS) is 13.0. The number of aromatic nitrogens is 2. The van der Waals surface area contributed by atoms with Crippen molar-refractivity contribution in [1.29, 1.82) is 0 Å². The lowest BCUT2D eigenvalue weighted by Crippen LogP contribution is -2.28. The highest BCUT2D eigenvalue weighted by molar-refractivity contribution is 5.97. The number of amides is 2. The van der Waals surface area contributed by atoms with Crippen LogP contribution in [0.1, 0.15) is 51.0 Å². The average Bonchev–Trinajstić information content (AvgIpc) is 3.39. The van der Waals surface area contributed by atoms with Gasteiger partial charge in [0, 0.05) is 18.7 Å².